The Balaban J connectivity index is 3.03. The number of nitrogens with one attached hydrogen (secondary N) is 1. The van der Waals surface area contributed by atoms with Gasteiger partial charge in [-0.15, -0.1) is 0 Å². The van der Waals surface area contributed by atoms with E-state index in [2.05, 4.69) is 10.1 Å². The number of halogens is 1. The Morgan fingerprint density at radius 2 is 1.95 bits per heavy atom. The number of benzene rings is 1. The number of nitrogens with two attached hydrogens (primary N) is 1. The maximum Gasteiger partial charge on any atom is 0.412 e. The largest absolute Gasteiger partial charge is 0.468 e. The van der Waals surface area contributed by atoms with E-state index >= 15 is 0 Å². The molecule has 0 saturated heterocycles. The van der Waals surface area contributed by atoms with Crippen LogP contribution in [0, 0.1) is 0 Å². The van der Waals surface area contributed by atoms with Crippen molar-refractivity contribution in [3.8, 4) is 0 Å². The number of methoxy groups -OCH3 is 1. The summed E-state index contributed by atoms with van der Waals surface area (Å²) in [6, 6.07) is 3.58. The Morgan fingerprint density at radius 3 is 2.48 bits per heavy atom. The fourth-order valence-corrected chi connectivity index (χ4v) is 1.75. The summed E-state index contributed by atoms with van der Waals surface area (Å²) in [5.74, 6) is -0.621. The van der Waals surface area contributed by atoms with Gasteiger partial charge in [0.2, 0.25) is 0 Å². The van der Waals surface area contributed by atoms with E-state index in [9.17, 15) is 9.59 Å². The molecular formula is C14H19ClN2O4. The number of amides is 1. The standard InChI is InChI=1S/C14H19ClN2O4/c1-14(2,3)21-13(19)17-10-7-8(15)5-6-9(10)11(16)12(18)20-4/h5-7,11H,16H2,1-4H3,(H,17,19). The second-order valence-corrected chi connectivity index (χ2v) is 5.80. The molecule has 0 fully saturated rings. The fourth-order valence-electron chi connectivity index (χ4n) is 1.58. The first kappa shape index (κ1) is 17.3. The third-order valence-corrected chi connectivity index (χ3v) is 2.68. The van der Waals surface area contributed by atoms with Gasteiger partial charge in [-0.3, -0.25) is 10.1 Å². The molecule has 0 aliphatic heterocycles. The molecule has 116 valence electrons. The summed E-state index contributed by atoms with van der Waals surface area (Å²) in [6.45, 7) is 5.23. The number of ether oxygens (including phenoxy) is 2. The number of anilines is 1. The SMILES string of the molecule is COC(=O)C(N)c1ccc(Cl)cc1NC(=O)OC(C)(C)C. The lowest BCUT2D eigenvalue weighted by atomic mass is 10.1. The maximum absolute atomic E-state index is 11.8. The molecule has 1 atom stereocenters. The van der Waals surface area contributed by atoms with Crippen LogP contribution in [0.5, 0.6) is 0 Å². The molecule has 0 heterocycles. The van der Waals surface area contributed by atoms with Gasteiger partial charge in [0.15, 0.2) is 0 Å². The van der Waals surface area contributed by atoms with E-state index in [1.807, 2.05) is 0 Å². The van der Waals surface area contributed by atoms with E-state index in [1.54, 1.807) is 32.9 Å². The molecule has 0 aromatic heterocycles. The highest BCUT2D eigenvalue weighted by Crippen LogP contribution is 2.26. The van der Waals surface area contributed by atoms with Crippen molar-refractivity contribution in [2.45, 2.75) is 32.4 Å². The van der Waals surface area contributed by atoms with Crippen molar-refractivity contribution in [2.24, 2.45) is 5.73 Å². The van der Waals surface area contributed by atoms with Gasteiger partial charge in [0, 0.05) is 10.6 Å². The second kappa shape index (κ2) is 6.78. The molecule has 1 amide bonds. The second-order valence-electron chi connectivity index (χ2n) is 5.36. The molecule has 0 aliphatic carbocycles. The van der Waals surface area contributed by atoms with E-state index in [0.717, 1.165) is 0 Å². The number of hydrogen-bond acceptors (Lipinski definition) is 5. The zero-order chi connectivity index (χ0) is 16.2. The minimum Gasteiger partial charge on any atom is -0.468 e. The summed E-state index contributed by atoms with van der Waals surface area (Å²) in [6.07, 6.45) is -0.664. The van der Waals surface area contributed by atoms with Crippen LogP contribution in [0.4, 0.5) is 10.5 Å². The first-order valence-corrected chi connectivity index (χ1v) is 6.64. The van der Waals surface area contributed by atoms with Gasteiger partial charge in [-0.2, -0.15) is 0 Å². The predicted molar refractivity (Wildman–Crippen MR) is 80.3 cm³/mol. The van der Waals surface area contributed by atoms with Gasteiger partial charge in [0.25, 0.3) is 0 Å². The van der Waals surface area contributed by atoms with Crippen LogP contribution in [0.3, 0.4) is 0 Å². The van der Waals surface area contributed by atoms with Gasteiger partial charge >= 0.3 is 12.1 Å². The molecule has 0 bridgehead atoms. The summed E-state index contributed by atoms with van der Waals surface area (Å²) in [5.41, 5.74) is 5.83. The van der Waals surface area contributed by atoms with Crippen molar-refractivity contribution < 1.29 is 19.1 Å². The smallest absolute Gasteiger partial charge is 0.412 e. The van der Waals surface area contributed by atoms with Crippen molar-refractivity contribution in [1.82, 2.24) is 0 Å². The van der Waals surface area contributed by atoms with Crippen molar-refractivity contribution >= 4 is 29.4 Å². The van der Waals surface area contributed by atoms with Crippen LogP contribution in [-0.4, -0.2) is 24.8 Å². The van der Waals surface area contributed by atoms with Gasteiger partial charge in [-0.05, 0) is 32.9 Å². The molecule has 1 aromatic carbocycles. The number of carbonyl (C=O) groups excluding carboxylic acids is 2. The number of esters is 1. The lowest BCUT2D eigenvalue weighted by Crippen LogP contribution is -2.29. The Morgan fingerprint density at radius 1 is 1.33 bits per heavy atom. The highest BCUT2D eigenvalue weighted by molar-refractivity contribution is 6.31. The van der Waals surface area contributed by atoms with Gasteiger partial charge in [-0.25, -0.2) is 4.79 Å². The van der Waals surface area contributed by atoms with Gasteiger partial charge in [-0.1, -0.05) is 17.7 Å². The average Bonchev–Trinajstić information content (AvgIpc) is 2.34. The molecule has 6 nitrogen and oxygen atoms in total. The van der Waals surface area contributed by atoms with E-state index in [0.29, 0.717) is 16.3 Å². The first-order valence-electron chi connectivity index (χ1n) is 6.27. The highest BCUT2D eigenvalue weighted by atomic mass is 35.5. The lowest BCUT2D eigenvalue weighted by Gasteiger charge is -2.21. The Bertz CT molecular complexity index is 540. The Kier molecular flexibility index (Phi) is 5.57. The maximum atomic E-state index is 11.8. The topological polar surface area (TPSA) is 90.6 Å². The average molecular weight is 315 g/mol. The van der Waals surface area contributed by atoms with E-state index in [4.69, 9.17) is 22.1 Å². The van der Waals surface area contributed by atoms with Gasteiger partial charge in [0.05, 0.1) is 12.8 Å². The number of rotatable bonds is 3. The monoisotopic (exact) mass is 314 g/mol. The minimum atomic E-state index is -1.03. The summed E-state index contributed by atoms with van der Waals surface area (Å²) >= 11 is 5.90. The zero-order valence-corrected chi connectivity index (χ0v) is 13.2. The summed E-state index contributed by atoms with van der Waals surface area (Å²) in [7, 11) is 1.24. The van der Waals surface area contributed by atoms with E-state index in [-0.39, 0.29) is 0 Å². The molecule has 1 unspecified atom stereocenters. The molecule has 0 aliphatic rings. The fraction of sp³-hybridized carbons (Fsp3) is 0.429. The van der Waals surface area contributed by atoms with Crippen molar-refractivity contribution in [3.63, 3.8) is 0 Å². The lowest BCUT2D eigenvalue weighted by molar-refractivity contribution is -0.142. The Hall–Kier alpha value is -1.79. The third-order valence-electron chi connectivity index (χ3n) is 2.44. The van der Waals surface area contributed by atoms with E-state index < -0.39 is 23.7 Å². The van der Waals surface area contributed by atoms with E-state index in [1.165, 1.54) is 13.2 Å². The summed E-state index contributed by atoms with van der Waals surface area (Å²) in [5, 5.41) is 2.93. The first-order chi connectivity index (χ1) is 9.64. The summed E-state index contributed by atoms with van der Waals surface area (Å²) in [4.78, 5) is 23.4. The molecule has 0 spiro atoms. The summed E-state index contributed by atoms with van der Waals surface area (Å²) < 4.78 is 9.75. The molecule has 0 saturated carbocycles. The number of carbonyl (C=O) groups is 2. The van der Waals surface area contributed by atoms with Crippen LogP contribution in [0.1, 0.15) is 32.4 Å². The number of hydrogen-bond donors (Lipinski definition) is 2. The van der Waals surface area contributed by atoms with Crippen LogP contribution in [-0.2, 0) is 14.3 Å². The normalized spacial score (nSPS) is 12.5. The van der Waals surface area contributed by atoms with Gasteiger partial charge in [0.1, 0.15) is 11.6 Å². The zero-order valence-electron chi connectivity index (χ0n) is 12.4. The molecule has 3 N–H and O–H groups in total. The Labute approximate surface area is 128 Å². The van der Waals surface area contributed by atoms with Crippen LogP contribution in [0.15, 0.2) is 18.2 Å². The predicted octanol–water partition coefficient (Wildman–Crippen LogP) is 2.86. The third kappa shape index (κ3) is 5.24. The van der Waals surface area contributed by atoms with Crippen molar-refractivity contribution in [3.05, 3.63) is 28.8 Å². The molecule has 21 heavy (non-hydrogen) atoms. The van der Waals surface area contributed by atoms with Crippen LogP contribution in [0.25, 0.3) is 0 Å². The highest BCUT2D eigenvalue weighted by Gasteiger charge is 2.22. The molecular weight excluding hydrogens is 296 g/mol. The molecule has 1 aromatic rings. The van der Waals surface area contributed by atoms with Crippen molar-refractivity contribution in [2.75, 3.05) is 12.4 Å². The molecule has 7 heteroatoms. The van der Waals surface area contributed by atoms with Crippen LogP contribution < -0.4 is 11.1 Å². The van der Waals surface area contributed by atoms with Crippen molar-refractivity contribution in [1.29, 1.82) is 0 Å². The van der Waals surface area contributed by atoms with Gasteiger partial charge < -0.3 is 15.2 Å². The van der Waals surface area contributed by atoms with Crippen LogP contribution >= 0.6 is 11.6 Å². The molecule has 1 rings (SSSR count). The quantitative estimate of drug-likeness (QED) is 0.837. The minimum absolute atomic E-state index is 0.301. The van der Waals surface area contributed by atoms with Crippen LogP contribution in [0.2, 0.25) is 5.02 Å². The molecule has 0 radical (unpaired) electrons.